The standard InChI is InChI=1S/C38H60O18/c1-16-11-37-9-5-20-35(2,7-4-8-36(20,3)34(50)55-32-29(49)26(46)23(43)18(13-40)52-32)21(37)6-10-38(16,15-37)56-33-30(27(47)24(44)19(14-41)53-33)54-31-28(48)25(45)22(42)17(12-39)51-31/h17-33,39-49H,1,4-15H2,2-3H3/t17-,18-,19-,20-,21-,22-,23+,24+,25+,26+,27+,28-,29+,30-,31+,32+,33-,35-,36-,37-,38-/m1/s1. The molecular weight excluding hydrogens is 744 g/mol. The molecular formula is C38H60O18. The third kappa shape index (κ3) is 6.69. The highest BCUT2D eigenvalue weighted by Gasteiger charge is 2.69. The van der Waals surface area contributed by atoms with E-state index in [0.29, 0.717) is 44.9 Å². The summed E-state index contributed by atoms with van der Waals surface area (Å²) in [4.78, 5) is 14.1. The van der Waals surface area contributed by atoms with E-state index in [4.69, 9.17) is 28.4 Å². The van der Waals surface area contributed by atoms with Gasteiger partial charge in [0.2, 0.25) is 6.29 Å². The maximum absolute atomic E-state index is 14.1. The summed E-state index contributed by atoms with van der Waals surface area (Å²) in [7, 11) is 0. The smallest absolute Gasteiger partial charge is 0.314 e. The van der Waals surface area contributed by atoms with E-state index in [1.165, 1.54) is 0 Å². The van der Waals surface area contributed by atoms with Crippen LogP contribution in [0.1, 0.15) is 71.6 Å². The number of hydrogen-bond acceptors (Lipinski definition) is 18. The minimum absolute atomic E-state index is 0.121. The lowest BCUT2D eigenvalue weighted by molar-refractivity contribution is -0.378. The van der Waals surface area contributed by atoms with Crippen LogP contribution >= 0.6 is 0 Å². The van der Waals surface area contributed by atoms with Crippen molar-refractivity contribution in [3.63, 3.8) is 0 Å². The van der Waals surface area contributed by atoms with Crippen molar-refractivity contribution in [2.75, 3.05) is 19.8 Å². The lowest BCUT2D eigenvalue weighted by atomic mass is 9.41. The quantitative estimate of drug-likeness (QED) is 0.0631. The van der Waals surface area contributed by atoms with Crippen LogP contribution in [0, 0.1) is 28.1 Å². The number of rotatable bonds is 9. The van der Waals surface area contributed by atoms with Crippen LogP contribution in [0.25, 0.3) is 0 Å². The van der Waals surface area contributed by atoms with E-state index < -0.39 is 129 Å². The fourth-order valence-corrected chi connectivity index (χ4v) is 12.0. The molecule has 56 heavy (non-hydrogen) atoms. The summed E-state index contributed by atoms with van der Waals surface area (Å²) in [6.07, 6.45) is -17.8. The Hall–Kier alpha value is -1.43. The van der Waals surface area contributed by atoms with Gasteiger partial charge in [0.05, 0.1) is 30.8 Å². The molecule has 0 aromatic carbocycles. The molecule has 0 aromatic rings. The van der Waals surface area contributed by atoms with Crippen molar-refractivity contribution in [3.8, 4) is 0 Å². The number of aliphatic hydroxyl groups is 11. The van der Waals surface area contributed by atoms with Gasteiger partial charge in [0.25, 0.3) is 0 Å². The van der Waals surface area contributed by atoms with E-state index in [9.17, 15) is 61.0 Å². The molecule has 3 aliphatic heterocycles. The number of aliphatic hydroxyl groups excluding tert-OH is 11. The fourth-order valence-electron chi connectivity index (χ4n) is 12.0. The molecule has 2 bridgehead atoms. The van der Waals surface area contributed by atoms with Crippen LogP contribution in [0.15, 0.2) is 12.2 Å². The Morgan fingerprint density at radius 2 is 1.21 bits per heavy atom. The van der Waals surface area contributed by atoms with Gasteiger partial charge in [-0.2, -0.15) is 0 Å². The summed E-state index contributed by atoms with van der Waals surface area (Å²) >= 11 is 0. The second kappa shape index (κ2) is 15.6. The first-order valence-electron chi connectivity index (χ1n) is 19.9. The second-order valence-electron chi connectivity index (χ2n) is 18.0. The summed E-state index contributed by atoms with van der Waals surface area (Å²) in [5.74, 6) is -0.591. The monoisotopic (exact) mass is 804 g/mol. The number of ether oxygens (including phenoxy) is 6. The van der Waals surface area contributed by atoms with Crippen molar-refractivity contribution in [3.05, 3.63) is 12.2 Å². The highest BCUT2D eigenvalue weighted by atomic mass is 16.8. The predicted octanol–water partition coefficient (Wildman–Crippen LogP) is -2.94. The van der Waals surface area contributed by atoms with Gasteiger partial charge in [0, 0.05) is 0 Å². The Labute approximate surface area is 324 Å². The summed E-state index contributed by atoms with van der Waals surface area (Å²) in [5, 5.41) is 114. The zero-order valence-corrected chi connectivity index (χ0v) is 31.8. The van der Waals surface area contributed by atoms with Crippen molar-refractivity contribution in [2.24, 2.45) is 28.1 Å². The van der Waals surface area contributed by atoms with Crippen LogP contribution in [0.2, 0.25) is 0 Å². The van der Waals surface area contributed by atoms with Gasteiger partial charge in [-0.1, -0.05) is 19.9 Å². The van der Waals surface area contributed by atoms with Crippen molar-refractivity contribution in [2.45, 2.75) is 169 Å². The van der Waals surface area contributed by atoms with Crippen molar-refractivity contribution >= 4 is 5.97 Å². The first-order valence-corrected chi connectivity index (χ1v) is 19.9. The maximum atomic E-state index is 14.1. The average Bonchev–Trinajstić information content (AvgIpc) is 3.37. The van der Waals surface area contributed by atoms with Gasteiger partial charge in [0.15, 0.2) is 12.6 Å². The highest BCUT2D eigenvalue weighted by Crippen LogP contribution is 2.73. The number of fused-ring (bicyclic) bond motifs is 3. The normalized spacial score (nSPS) is 54.6. The van der Waals surface area contributed by atoms with E-state index in [1.54, 1.807) is 0 Å². The molecule has 4 saturated carbocycles. The molecule has 0 aromatic heterocycles. The van der Waals surface area contributed by atoms with Crippen molar-refractivity contribution in [1.29, 1.82) is 0 Å². The number of esters is 1. The van der Waals surface area contributed by atoms with Gasteiger partial charge in [-0.25, -0.2) is 0 Å². The third-order valence-corrected chi connectivity index (χ3v) is 15.0. The van der Waals surface area contributed by atoms with Gasteiger partial charge in [-0.15, -0.1) is 0 Å². The van der Waals surface area contributed by atoms with Crippen LogP contribution in [0.4, 0.5) is 0 Å². The molecule has 4 aliphatic carbocycles. The molecule has 3 heterocycles. The Kier molecular flexibility index (Phi) is 11.9. The Morgan fingerprint density at radius 3 is 1.82 bits per heavy atom. The Morgan fingerprint density at radius 1 is 0.679 bits per heavy atom. The molecule has 0 radical (unpaired) electrons. The molecule has 1 spiro atoms. The molecule has 18 heteroatoms. The van der Waals surface area contributed by atoms with E-state index >= 15 is 0 Å². The molecule has 21 atom stereocenters. The highest BCUT2D eigenvalue weighted by molar-refractivity contribution is 5.77. The number of hydrogen-bond donors (Lipinski definition) is 11. The topological polar surface area (TPSA) is 295 Å². The SMILES string of the molecule is C=C1C[C@@]23CC[C@@H]4[C@@](C)(CCC[C@@]4(C)C(=O)O[C@@H]4O[C@H](CO)[C@H](O)[C@H](O)[C@@H]4O)[C@H]2CC[C@@]1(O[C@H]1O[C@H](CO)[C@H](O)[C@H](O)[C@H]1O[C@@H]1O[C@H](CO)[C@@H](O)[C@H](O)[C@H]1O)C3. The van der Waals surface area contributed by atoms with E-state index in [1.807, 2.05) is 6.92 Å². The van der Waals surface area contributed by atoms with Crippen molar-refractivity contribution < 1.29 is 89.4 Å². The first kappa shape index (κ1) is 42.7. The predicted molar refractivity (Wildman–Crippen MR) is 186 cm³/mol. The van der Waals surface area contributed by atoms with Gasteiger partial charge >= 0.3 is 5.97 Å². The lowest BCUT2D eigenvalue weighted by Crippen LogP contribution is -2.65. The van der Waals surface area contributed by atoms with E-state index in [0.717, 1.165) is 18.4 Å². The summed E-state index contributed by atoms with van der Waals surface area (Å²) < 4.78 is 35.6. The summed E-state index contributed by atoms with van der Waals surface area (Å²) in [6.45, 7) is 6.52. The minimum atomic E-state index is -1.81. The van der Waals surface area contributed by atoms with Crippen LogP contribution in [0.3, 0.4) is 0 Å². The molecule has 7 aliphatic rings. The zero-order chi connectivity index (χ0) is 40.7. The maximum Gasteiger partial charge on any atom is 0.314 e. The Bertz CT molecular complexity index is 1450. The Balaban J connectivity index is 1.10. The van der Waals surface area contributed by atoms with Gasteiger partial charge in [-0.3, -0.25) is 4.79 Å². The molecule has 7 rings (SSSR count). The molecule has 0 unspecified atom stereocenters. The number of carbonyl (C=O) groups excluding carboxylic acids is 1. The van der Waals surface area contributed by atoms with Gasteiger partial charge in [0.1, 0.15) is 73.2 Å². The largest absolute Gasteiger partial charge is 0.432 e. The van der Waals surface area contributed by atoms with Crippen molar-refractivity contribution in [1.82, 2.24) is 0 Å². The lowest BCUT2D eigenvalue weighted by Gasteiger charge is -2.64. The third-order valence-electron chi connectivity index (χ3n) is 15.0. The van der Waals surface area contributed by atoms with Crippen LogP contribution < -0.4 is 0 Å². The minimum Gasteiger partial charge on any atom is -0.432 e. The fraction of sp³-hybridized carbons (Fsp3) is 0.921. The number of carbonyl (C=O) groups is 1. The second-order valence-corrected chi connectivity index (χ2v) is 18.0. The van der Waals surface area contributed by atoms with E-state index in [2.05, 4.69) is 13.5 Å². The summed E-state index contributed by atoms with van der Waals surface area (Å²) in [6, 6.07) is 0. The molecule has 7 fully saturated rings. The first-order chi connectivity index (χ1) is 26.4. The van der Waals surface area contributed by atoms with Gasteiger partial charge in [-0.05, 0) is 86.5 Å². The zero-order valence-electron chi connectivity index (χ0n) is 31.8. The average molecular weight is 805 g/mol. The molecule has 11 N–H and O–H groups in total. The van der Waals surface area contributed by atoms with Gasteiger partial charge < -0.3 is 84.6 Å². The van der Waals surface area contributed by atoms with Crippen LogP contribution in [-0.4, -0.2) is 180 Å². The summed E-state index contributed by atoms with van der Waals surface area (Å²) in [5.41, 5.74) is -1.80. The molecule has 0 amide bonds. The van der Waals surface area contributed by atoms with Crippen LogP contribution in [-0.2, 0) is 33.2 Å². The van der Waals surface area contributed by atoms with Crippen LogP contribution in [0.5, 0.6) is 0 Å². The van der Waals surface area contributed by atoms with E-state index in [-0.39, 0.29) is 22.7 Å². The molecule has 3 saturated heterocycles. The molecule has 320 valence electrons. The molecule has 18 nitrogen and oxygen atoms in total.